The average Bonchev–Trinajstić information content (AvgIpc) is 2.84. The Hall–Kier alpha value is -3.29. The number of rotatable bonds is 9. The second-order valence-corrected chi connectivity index (χ2v) is 10.7. The van der Waals surface area contributed by atoms with Crippen LogP contribution in [0.2, 0.25) is 0 Å². The summed E-state index contributed by atoms with van der Waals surface area (Å²) < 4.78 is 5.43. The molecule has 0 saturated carbocycles. The summed E-state index contributed by atoms with van der Waals surface area (Å²) in [5, 5.41) is 14.0. The topological polar surface area (TPSA) is 145 Å². The maximum atomic E-state index is 12.9. The standard InChI is InChI=1S/C26H40N4O7/c1-5-12-27-24(35)20(16-22(32)33)28-23(34)19-7-6-13-30(17-19)21(31)9-8-18-10-14-29(15-11-18)25(36)37-26(2,3)4/h1,18-20H,6-17H2,2-4H3,(H,27,35)(H,28,34)(H,32,33)/t19-,20+/m1/s1. The van der Waals surface area contributed by atoms with E-state index in [1.165, 1.54) is 0 Å². The number of carbonyl (C=O) groups is 5. The Balaban J connectivity index is 1.81. The first kappa shape index (κ1) is 29.9. The highest BCUT2D eigenvalue weighted by molar-refractivity contribution is 5.91. The van der Waals surface area contributed by atoms with Gasteiger partial charge in [-0.25, -0.2) is 4.79 Å². The molecule has 2 rings (SSSR count). The second-order valence-electron chi connectivity index (χ2n) is 10.7. The van der Waals surface area contributed by atoms with Crippen LogP contribution in [0, 0.1) is 24.2 Å². The Morgan fingerprint density at radius 3 is 2.35 bits per heavy atom. The third kappa shape index (κ3) is 10.3. The molecule has 0 aliphatic carbocycles. The van der Waals surface area contributed by atoms with Gasteiger partial charge in [-0.05, 0) is 58.8 Å². The van der Waals surface area contributed by atoms with E-state index >= 15 is 0 Å². The summed E-state index contributed by atoms with van der Waals surface area (Å²) in [7, 11) is 0. The molecular weight excluding hydrogens is 480 g/mol. The van der Waals surface area contributed by atoms with Gasteiger partial charge in [0, 0.05) is 32.6 Å². The third-order valence-electron chi connectivity index (χ3n) is 6.55. The lowest BCUT2D eigenvalue weighted by atomic mass is 9.91. The molecule has 206 valence electrons. The minimum Gasteiger partial charge on any atom is -0.481 e. The number of piperidine rings is 2. The lowest BCUT2D eigenvalue weighted by Gasteiger charge is -2.35. The van der Waals surface area contributed by atoms with Crippen LogP contribution in [-0.2, 0) is 23.9 Å². The van der Waals surface area contributed by atoms with Crippen molar-refractivity contribution in [1.82, 2.24) is 20.4 Å². The number of carboxylic acids is 1. The van der Waals surface area contributed by atoms with Crippen molar-refractivity contribution in [2.75, 3.05) is 32.7 Å². The van der Waals surface area contributed by atoms with E-state index in [4.69, 9.17) is 16.3 Å². The molecule has 4 amide bonds. The molecule has 3 N–H and O–H groups in total. The van der Waals surface area contributed by atoms with Crippen molar-refractivity contribution >= 4 is 29.8 Å². The number of aliphatic carboxylic acids is 1. The van der Waals surface area contributed by atoms with Gasteiger partial charge >= 0.3 is 12.1 Å². The van der Waals surface area contributed by atoms with E-state index in [0.717, 1.165) is 12.8 Å². The molecule has 2 fully saturated rings. The average molecular weight is 521 g/mol. The van der Waals surface area contributed by atoms with Crippen molar-refractivity contribution in [1.29, 1.82) is 0 Å². The van der Waals surface area contributed by atoms with Crippen molar-refractivity contribution < 1.29 is 33.8 Å². The van der Waals surface area contributed by atoms with Crippen molar-refractivity contribution in [2.45, 2.75) is 77.4 Å². The van der Waals surface area contributed by atoms with E-state index in [0.29, 0.717) is 51.2 Å². The third-order valence-corrected chi connectivity index (χ3v) is 6.55. The molecule has 11 nitrogen and oxygen atoms in total. The van der Waals surface area contributed by atoms with Gasteiger partial charge in [0.25, 0.3) is 0 Å². The molecule has 2 heterocycles. The van der Waals surface area contributed by atoms with Gasteiger partial charge in [-0.3, -0.25) is 19.2 Å². The van der Waals surface area contributed by atoms with Gasteiger partial charge in [0.1, 0.15) is 11.6 Å². The SMILES string of the molecule is C#CCNC(=O)[C@H](CC(=O)O)NC(=O)[C@@H]1CCCN(C(=O)CCC2CCN(C(=O)OC(C)(C)C)CC2)C1. The van der Waals surface area contributed by atoms with Gasteiger partial charge in [0.2, 0.25) is 17.7 Å². The Kier molecular flexibility index (Phi) is 11.2. The van der Waals surface area contributed by atoms with Gasteiger partial charge in [-0.15, -0.1) is 6.42 Å². The van der Waals surface area contributed by atoms with Crippen LogP contribution in [-0.4, -0.2) is 89.1 Å². The quantitative estimate of drug-likeness (QED) is 0.389. The van der Waals surface area contributed by atoms with Crippen molar-refractivity contribution in [3.05, 3.63) is 0 Å². The Labute approximate surface area is 218 Å². The predicted molar refractivity (Wildman–Crippen MR) is 135 cm³/mol. The summed E-state index contributed by atoms with van der Waals surface area (Å²) >= 11 is 0. The van der Waals surface area contributed by atoms with Crippen molar-refractivity contribution in [3.63, 3.8) is 0 Å². The number of hydrogen-bond donors (Lipinski definition) is 3. The Morgan fingerprint density at radius 2 is 1.76 bits per heavy atom. The first-order valence-corrected chi connectivity index (χ1v) is 12.9. The number of hydrogen-bond acceptors (Lipinski definition) is 6. The zero-order valence-corrected chi connectivity index (χ0v) is 22.1. The maximum Gasteiger partial charge on any atom is 0.410 e. The van der Waals surface area contributed by atoms with E-state index in [1.807, 2.05) is 20.8 Å². The fourth-order valence-electron chi connectivity index (χ4n) is 4.57. The highest BCUT2D eigenvalue weighted by atomic mass is 16.6. The smallest absolute Gasteiger partial charge is 0.410 e. The molecule has 0 radical (unpaired) electrons. The van der Waals surface area contributed by atoms with Crippen LogP contribution in [0.25, 0.3) is 0 Å². The lowest BCUT2D eigenvalue weighted by molar-refractivity contribution is -0.141. The van der Waals surface area contributed by atoms with E-state index in [1.54, 1.807) is 9.80 Å². The van der Waals surface area contributed by atoms with E-state index < -0.39 is 41.8 Å². The molecule has 2 saturated heterocycles. The molecule has 0 aromatic rings. The number of amides is 4. The minimum absolute atomic E-state index is 0.0269. The molecule has 2 aliphatic heterocycles. The van der Waals surface area contributed by atoms with Crippen LogP contribution in [0.3, 0.4) is 0 Å². The molecule has 0 unspecified atom stereocenters. The number of likely N-dealkylation sites (tertiary alicyclic amines) is 2. The number of terminal acetylenes is 1. The van der Waals surface area contributed by atoms with Crippen LogP contribution in [0.4, 0.5) is 4.79 Å². The molecule has 37 heavy (non-hydrogen) atoms. The van der Waals surface area contributed by atoms with E-state index in [-0.39, 0.29) is 25.1 Å². The van der Waals surface area contributed by atoms with Crippen LogP contribution in [0.1, 0.15) is 65.7 Å². The second kappa shape index (κ2) is 13.9. The molecular formula is C26H40N4O7. The van der Waals surface area contributed by atoms with Crippen molar-refractivity contribution in [2.24, 2.45) is 11.8 Å². The van der Waals surface area contributed by atoms with Gasteiger partial charge in [0.05, 0.1) is 18.9 Å². The monoisotopic (exact) mass is 520 g/mol. The van der Waals surface area contributed by atoms with Gasteiger partial charge in [-0.1, -0.05) is 5.92 Å². The van der Waals surface area contributed by atoms with Gasteiger partial charge in [-0.2, -0.15) is 0 Å². The van der Waals surface area contributed by atoms with Crippen molar-refractivity contribution in [3.8, 4) is 12.3 Å². The van der Waals surface area contributed by atoms with E-state index in [2.05, 4.69) is 16.6 Å². The molecule has 2 atom stereocenters. The molecule has 0 bridgehead atoms. The number of carboxylic acid groups (broad SMARTS) is 1. The normalized spacial score (nSPS) is 19.4. The number of carbonyl (C=O) groups excluding carboxylic acids is 4. The number of ether oxygens (including phenoxy) is 1. The highest BCUT2D eigenvalue weighted by Crippen LogP contribution is 2.25. The van der Waals surface area contributed by atoms with E-state index in [9.17, 15) is 24.0 Å². The van der Waals surface area contributed by atoms with Crippen LogP contribution in [0.5, 0.6) is 0 Å². The molecule has 2 aliphatic rings. The highest BCUT2D eigenvalue weighted by Gasteiger charge is 2.32. The summed E-state index contributed by atoms with van der Waals surface area (Å²) in [6.45, 7) is 7.43. The lowest BCUT2D eigenvalue weighted by Crippen LogP contribution is -2.52. The van der Waals surface area contributed by atoms with Crippen LogP contribution >= 0.6 is 0 Å². The Morgan fingerprint density at radius 1 is 1.08 bits per heavy atom. The first-order valence-electron chi connectivity index (χ1n) is 12.9. The largest absolute Gasteiger partial charge is 0.481 e. The fraction of sp³-hybridized carbons (Fsp3) is 0.731. The molecule has 0 aromatic heterocycles. The summed E-state index contributed by atoms with van der Waals surface area (Å²) in [5.41, 5.74) is -0.533. The summed E-state index contributed by atoms with van der Waals surface area (Å²) in [6.07, 6.45) is 8.14. The zero-order valence-electron chi connectivity index (χ0n) is 22.1. The summed E-state index contributed by atoms with van der Waals surface area (Å²) in [5.74, 6) is -0.308. The predicted octanol–water partition coefficient (Wildman–Crippen LogP) is 1.36. The minimum atomic E-state index is -1.24. The fourth-order valence-corrected chi connectivity index (χ4v) is 4.57. The molecule has 0 aromatic carbocycles. The molecule has 0 spiro atoms. The summed E-state index contributed by atoms with van der Waals surface area (Å²) in [4.78, 5) is 64.7. The molecule has 11 heteroatoms. The number of nitrogens with zero attached hydrogens (tertiary/aromatic N) is 2. The maximum absolute atomic E-state index is 12.9. The summed E-state index contributed by atoms with van der Waals surface area (Å²) in [6, 6.07) is -1.24. The van der Waals surface area contributed by atoms with Crippen LogP contribution in [0.15, 0.2) is 0 Å². The first-order chi connectivity index (χ1) is 17.4. The zero-order chi connectivity index (χ0) is 27.6. The van der Waals surface area contributed by atoms with Gasteiger partial charge < -0.3 is 30.3 Å². The van der Waals surface area contributed by atoms with Crippen LogP contribution < -0.4 is 10.6 Å². The Bertz CT molecular complexity index is 884. The van der Waals surface area contributed by atoms with Gasteiger partial charge in [0.15, 0.2) is 0 Å². The number of nitrogens with one attached hydrogen (secondary N) is 2.